The molecule has 3 aromatic rings. The lowest BCUT2D eigenvalue weighted by molar-refractivity contribution is 0.746. The summed E-state index contributed by atoms with van der Waals surface area (Å²) < 4.78 is 1.73. The van der Waals surface area contributed by atoms with Crippen molar-refractivity contribution in [1.29, 1.82) is 5.26 Å². The van der Waals surface area contributed by atoms with Crippen LogP contribution in [0.15, 0.2) is 47.6 Å². The molecule has 0 aliphatic carbocycles. The van der Waals surface area contributed by atoms with Crippen molar-refractivity contribution in [3.8, 4) is 11.8 Å². The summed E-state index contributed by atoms with van der Waals surface area (Å²) in [4.78, 5) is 0. The Morgan fingerprint density at radius 1 is 1.08 bits per heavy atom. The molecule has 0 amide bonds. The lowest BCUT2D eigenvalue weighted by Gasteiger charge is -2.12. The number of hydrogen-bond acceptors (Lipinski definition) is 5. The van der Waals surface area contributed by atoms with E-state index in [0.29, 0.717) is 11.6 Å². The van der Waals surface area contributed by atoms with Crippen LogP contribution in [-0.4, -0.2) is 25.5 Å². The maximum absolute atomic E-state index is 9.56. The first-order chi connectivity index (χ1) is 12.1. The third kappa shape index (κ3) is 3.89. The Bertz CT molecular complexity index is 888. The van der Waals surface area contributed by atoms with Crippen LogP contribution in [-0.2, 0) is 6.42 Å². The van der Waals surface area contributed by atoms with Crippen molar-refractivity contribution in [3.05, 3.63) is 64.7 Å². The third-order valence-corrected chi connectivity index (χ3v) is 5.05. The molecule has 3 rings (SSSR count). The first-order valence-corrected chi connectivity index (χ1v) is 8.93. The highest BCUT2D eigenvalue weighted by Gasteiger charge is 2.18. The second-order valence-corrected chi connectivity index (χ2v) is 7.21. The van der Waals surface area contributed by atoms with E-state index < -0.39 is 0 Å². The Hall–Kier alpha value is -2.65. The Kier molecular flexibility index (Phi) is 5.15. The number of nitriles is 1. The highest BCUT2D eigenvalue weighted by atomic mass is 32.2. The predicted octanol–water partition coefficient (Wildman–Crippen LogP) is 3.81. The van der Waals surface area contributed by atoms with Gasteiger partial charge in [0, 0.05) is 0 Å². The fraction of sp³-hybridized carbons (Fsp3) is 0.263. The topological polar surface area (TPSA) is 67.4 Å². The first kappa shape index (κ1) is 17.2. The summed E-state index contributed by atoms with van der Waals surface area (Å²) in [5, 5.41) is 22.0. The van der Waals surface area contributed by atoms with Crippen LogP contribution in [0.5, 0.6) is 0 Å². The summed E-state index contributed by atoms with van der Waals surface area (Å²) in [6, 6.07) is 16.7. The van der Waals surface area contributed by atoms with Crippen LogP contribution in [0.25, 0.3) is 5.69 Å². The number of aromatic nitrogens is 4. The molecular formula is C19H19N5S. The quantitative estimate of drug-likeness (QED) is 0.655. The average molecular weight is 349 g/mol. The Morgan fingerprint density at radius 3 is 2.40 bits per heavy atom. The van der Waals surface area contributed by atoms with Crippen LogP contribution in [0.3, 0.4) is 0 Å². The number of benzene rings is 2. The Labute approximate surface area is 151 Å². The number of aryl methyl sites for hydroxylation is 3. The van der Waals surface area contributed by atoms with E-state index in [9.17, 15) is 5.26 Å². The summed E-state index contributed by atoms with van der Waals surface area (Å²) in [5.74, 6) is 0. The molecule has 25 heavy (non-hydrogen) atoms. The fourth-order valence-electron chi connectivity index (χ4n) is 2.71. The Balaban J connectivity index is 1.85. The molecule has 0 bridgehead atoms. The molecule has 0 unspecified atom stereocenters. The van der Waals surface area contributed by atoms with Gasteiger partial charge in [0.1, 0.15) is 5.25 Å². The number of rotatable bonds is 5. The molecule has 0 saturated carbocycles. The molecule has 1 heterocycles. The molecule has 0 saturated heterocycles. The normalized spacial score (nSPS) is 11.9. The molecule has 0 radical (unpaired) electrons. The van der Waals surface area contributed by atoms with Crippen LogP contribution < -0.4 is 0 Å². The number of hydrogen-bond donors (Lipinski definition) is 0. The van der Waals surface area contributed by atoms with Crippen LogP contribution in [0, 0.1) is 32.1 Å². The summed E-state index contributed by atoms with van der Waals surface area (Å²) in [7, 11) is 0. The van der Waals surface area contributed by atoms with Gasteiger partial charge in [0.2, 0.25) is 5.16 Å². The molecule has 1 aromatic heterocycles. The fourth-order valence-corrected chi connectivity index (χ4v) is 3.61. The van der Waals surface area contributed by atoms with Crippen molar-refractivity contribution in [3.63, 3.8) is 0 Å². The van der Waals surface area contributed by atoms with Gasteiger partial charge < -0.3 is 0 Å². The van der Waals surface area contributed by atoms with Crippen molar-refractivity contribution in [1.82, 2.24) is 20.2 Å². The molecular weight excluding hydrogens is 330 g/mol. The zero-order chi connectivity index (χ0) is 17.8. The van der Waals surface area contributed by atoms with Crippen molar-refractivity contribution >= 4 is 11.8 Å². The molecule has 0 fully saturated rings. The molecule has 0 spiro atoms. The van der Waals surface area contributed by atoms with Gasteiger partial charge in [-0.2, -0.15) is 9.94 Å². The first-order valence-electron chi connectivity index (χ1n) is 8.05. The van der Waals surface area contributed by atoms with E-state index >= 15 is 0 Å². The zero-order valence-corrected chi connectivity index (χ0v) is 15.3. The summed E-state index contributed by atoms with van der Waals surface area (Å²) in [5.41, 5.74) is 5.52. The molecule has 126 valence electrons. The van der Waals surface area contributed by atoms with Gasteiger partial charge in [-0.25, -0.2) is 0 Å². The van der Waals surface area contributed by atoms with E-state index in [1.807, 2.05) is 32.0 Å². The van der Waals surface area contributed by atoms with Gasteiger partial charge in [0.25, 0.3) is 0 Å². The van der Waals surface area contributed by atoms with Gasteiger partial charge in [-0.1, -0.05) is 59.8 Å². The second-order valence-electron chi connectivity index (χ2n) is 6.04. The van der Waals surface area contributed by atoms with Gasteiger partial charge in [-0.15, -0.1) is 5.10 Å². The average Bonchev–Trinajstić information content (AvgIpc) is 3.04. The monoisotopic (exact) mass is 349 g/mol. The van der Waals surface area contributed by atoms with Crippen LogP contribution in [0.2, 0.25) is 0 Å². The maximum Gasteiger partial charge on any atom is 0.215 e. The molecule has 0 aliphatic heterocycles. The van der Waals surface area contributed by atoms with Crippen LogP contribution in [0.4, 0.5) is 0 Å². The second kappa shape index (κ2) is 7.49. The summed E-state index contributed by atoms with van der Waals surface area (Å²) in [6.07, 6.45) is 0.654. The van der Waals surface area contributed by atoms with Gasteiger partial charge in [-0.3, -0.25) is 0 Å². The van der Waals surface area contributed by atoms with Crippen molar-refractivity contribution in [2.75, 3.05) is 0 Å². The van der Waals surface area contributed by atoms with E-state index in [4.69, 9.17) is 0 Å². The highest BCUT2D eigenvalue weighted by molar-refractivity contribution is 8.00. The summed E-state index contributed by atoms with van der Waals surface area (Å²) >= 11 is 1.40. The predicted molar refractivity (Wildman–Crippen MR) is 98.8 cm³/mol. The van der Waals surface area contributed by atoms with Gasteiger partial charge in [0.05, 0.1) is 11.8 Å². The minimum absolute atomic E-state index is 0.253. The Morgan fingerprint density at radius 2 is 1.76 bits per heavy atom. The zero-order valence-electron chi connectivity index (χ0n) is 14.5. The van der Waals surface area contributed by atoms with E-state index in [1.54, 1.807) is 4.68 Å². The lowest BCUT2D eigenvalue weighted by atomic mass is 10.1. The van der Waals surface area contributed by atoms with Gasteiger partial charge in [0.15, 0.2) is 0 Å². The van der Waals surface area contributed by atoms with Gasteiger partial charge in [-0.05, 0) is 54.3 Å². The highest BCUT2D eigenvalue weighted by Crippen LogP contribution is 2.27. The smallest absolute Gasteiger partial charge is 0.197 e. The minimum atomic E-state index is -0.253. The van der Waals surface area contributed by atoms with Crippen LogP contribution in [0.1, 0.15) is 22.3 Å². The van der Waals surface area contributed by atoms with E-state index in [0.717, 1.165) is 22.4 Å². The molecule has 0 N–H and O–H groups in total. The largest absolute Gasteiger partial charge is 0.215 e. The van der Waals surface area contributed by atoms with Crippen molar-refractivity contribution < 1.29 is 0 Å². The summed E-state index contributed by atoms with van der Waals surface area (Å²) in [6.45, 7) is 6.12. The van der Waals surface area contributed by atoms with Crippen molar-refractivity contribution in [2.24, 2.45) is 0 Å². The number of para-hydroxylation sites is 1. The minimum Gasteiger partial charge on any atom is -0.197 e. The molecule has 0 aliphatic rings. The molecule has 5 nitrogen and oxygen atoms in total. The third-order valence-electron chi connectivity index (χ3n) is 4.03. The maximum atomic E-state index is 9.56. The number of tetrazole rings is 1. The SMILES string of the molecule is Cc1ccc(C[C@H](C#N)Sc2nnnn2-c2c(C)cccc2C)cc1. The number of nitrogens with zero attached hydrogens (tertiary/aromatic N) is 5. The van der Waals surface area contributed by atoms with Crippen molar-refractivity contribution in [2.45, 2.75) is 37.6 Å². The molecule has 6 heteroatoms. The number of thioether (sulfide) groups is 1. The van der Waals surface area contributed by atoms with E-state index in [-0.39, 0.29) is 5.25 Å². The van der Waals surface area contributed by atoms with E-state index in [1.165, 1.54) is 17.3 Å². The van der Waals surface area contributed by atoms with Crippen LogP contribution >= 0.6 is 11.8 Å². The molecule has 1 atom stereocenters. The molecule has 2 aromatic carbocycles. The van der Waals surface area contributed by atoms with E-state index in [2.05, 4.69) is 52.8 Å². The van der Waals surface area contributed by atoms with Gasteiger partial charge >= 0.3 is 0 Å². The standard InChI is InChI=1S/C19H19N5S/c1-13-7-9-16(10-8-13)11-17(12-20)25-19-21-22-23-24(19)18-14(2)5-4-6-15(18)3/h4-10,17H,11H2,1-3H3/t17-/m1/s1. The lowest BCUT2D eigenvalue weighted by Crippen LogP contribution is -2.09.